The molecule has 2 amide bonds. The van der Waals surface area contributed by atoms with Crippen LogP contribution < -0.4 is 15.0 Å². The van der Waals surface area contributed by atoms with Crippen LogP contribution in [0.4, 0.5) is 5.69 Å². The quantitative estimate of drug-likeness (QED) is 0.613. The van der Waals surface area contributed by atoms with Crippen molar-refractivity contribution in [2.45, 2.75) is 6.42 Å². The second-order valence-electron chi connectivity index (χ2n) is 6.02. The highest BCUT2D eigenvalue weighted by atomic mass is 16.5. The van der Waals surface area contributed by atoms with Crippen molar-refractivity contribution in [3.05, 3.63) is 54.6 Å². The highest BCUT2D eigenvalue weighted by Crippen LogP contribution is 2.28. The lowest BCUT2D eigenvalue weighted by molar-refractivity contribution is -0.132. The van der Waals surface area contributed by atoms with E-state index in [2.05, 4.69) is 5.32 Å². The minimum absolute atomic E-state index is 0.170. The van der Waals surface area contributed by atoms with Crippen molar-refractivity contribution in [1.82, 2.24) is 5.32 Å². The van der Waals surface area contributed by atoms with E-state index in [4.69, 9.17) is 9.47 Å². The van der Waals surface area contributed by atoms with Gasteiger partial charge in [-0.25, -0.2) is 0 Å². The van der Waals surface area contributed by atoms with Gasteiger partial charge in [0.25, 0.3) is 0 Å². The predicted octanol–water partition coefficient (Wildman–Crippen LogP) is 2.59. The smallest absolute Gasteiger partial charge is 0.239 e. The van der Waals surface area contributed by atoms with Crippen LogP contribution in [0.3, 0.4) is 0 Å². The topological polar surface area (TPSA) is 67.9 Å². The van der Waals surface area contributed by atoms with Gasteiger partial charge in [0.1, 0.15) is 17.4 Å². The normalized spacial score (nSPS) is 16.6. The van der Waals surface area contributed by atoms with E-state index < -0.39 is 5.92 Å². The molecule has 0 aliphatic carbocycles. The van der Waals surface area contributed by atoms with E-state index in [0.717, 1.165) is 11.4 Å². The minimum Gasteiger partial charge on any atom is -0.457 e. The highest BCUT2D eigenvalue weighted by Gasteiger charge is 2.37. The van der Waals surface area contributed by atoms with Gasteiger partial charge in [-0.15, -0.1) is 0 Å². The SMILES string of the molecule is COCCNC(=O)[C@H]1CCN(c2ccc(Oc3ccccc3)cc2)C1=O. The first kappa shape index (κ1) is 17.9. The van der Waals surface area contributed by atoms with Crippen molar-refractivity contribution in [1.29, 1.82) is 0 Å². The Hall–Kier alpha value is -2.86. The van der Waals surface area contributed by atoms with Gasteiger partial charge in [0.15, 0.2) is 0 Å². The number of carbonyl (C=O) groups excluding carboxylic acids is 2. The van der Waals surface area contributed by atoms with Crippen LogP contribution >= 0.6 is 0 Å². The third-order valence-electron chi connectivity index (χ3n) is 4.25. The number of nitrogens with zero attached hydrogens (tertiary/aromatic N) is 1. The van der Waals surface area contributed by atoms with E-state index in [1.165, 1.54) is 0 Å². The van der Waals surface area contributed by atoms with Crippen molar-refractivity contribution >= 4 is 17.5 Å². The van der Waals surface area contributed by atoms with Gasteiger partial charge in [-0.3, -0.25) is 9.59 Å². The van der Waals surface area contributed by atoms with E-state index in [1.54, 1.807) is 12.0 Å². The highest BCUT2D eigenvalue weighted by molar-refractivity contribution is 6.09. The molecule has 6 heteroatoms. The van der Waals surface area contributed by atoms with E-state index in [0.29, 0.717) is 31.9 Å². The summed E-state index contributed by atoms with van der Waals surface area (Å²) in [5.74, 6) is 0.410. The van der Waals surface area contributed by atoms with Gasteiger partial charge < -0.3 is 19.7 Å². The lowest BCUT2D eigenvalue weighted by atomic mass is 10.1. The molecule has 1 fully saturated rings. The van der Waals surface area contributed by atoms with Crippen LogP contribution in [0.15, 0.2) is 54.6 Å². The molecular formula is C20H22N2O4. The van der Waals surface area contributed by atoms with Gasteiger partial charge in [-0.05, 0) is 42.8 Å². The van der Waals surface area contributed by atoms with E-state index in [1.807, 2.05) is 54.6 Å². The Bertz CT molecular complexity index is 746. The largest absolute Gasteiger partial charge is 0.457 e. The Morgan fingerprint density at radius 3 is 2.50 bits per heavy atom. The monoisotopic (exact) mass is 354 g/mol. The van der Waals surface area contributed by atoms with Gasteiger partial charge in [0, 0.05) is 25.9 Å². The molecule has 1 heterocycles. The molecule has 1 N–H and O–H groups in total. The zero-order valence-electron chi connectivity index (χ0n) is 14.7. The number of ether oxygens (including phenoxy) is 2. The van der Waals surface area contributed by atoms with E-state index >= 15 is 0 Å². The summed E-state index contributed by atoms with van der Waals surface area (Å²) in [6, 6.07) is 16.8. The number of para-hydroxylation sites is 1. The van der Waals surface area contributed by atoms with Crippen molar-refractivity contribution in [3.63, 3.8) is 0 Å². The standard InChI is InChI=1S/C20H22N2O4/c1-25-14-12-21-19(23)18-11-13-22(20(18)24)15-7-9-17(10-8-15)26-16-5-3-2-4-6-16/h2-10,18H,11-14H2,1H3,(H,21,23)/t18-/m1/s1. The maximum absolute atomic E-state index is 12.6. The second kappa shape index (κ2) is 8.49. The van der Waals surface area contributed by atoms with Crippen molar-refractivity contribution in [3.8, 4) is 11.5 Å². The molecule has 0 spiro atoms. The Morgan fingerprint density at radius 2 is 1.81 bits per heavy atom. The van der Waals surface area contributed by atoms with Crippen LogP contribution in [0.1, 0.15) is 6.42 Å². The first-order valence-corrected chi connectivity index (χ1v) is 8.60. The van der Waals surface area contributed by atoms with Gasteiger partial charge in [0.2, 0.25) is 11.8 Å². The molecule has 1 aliphatic heterocycles. The number of benzene rings is 2. The third kappa shape index (κ3) is 4.21. The molecule has 0 bridgehead atoms. The van der Waals surface area contributed by atoms with Gasteiger partial charge in [-0.2, -0.15) is 0 Å². The Balaban J connectivity index is 1.61. The van der Waals surface area contributed by atoms with Crippen LogP contribution in [-0.4, -0.2) is 38.6 Å². The Labute approximate surface area is 152 Å². The average Bonchev–Trinajstić information content (AvgIpc) is 3.05. The van der Waals surface area contributed by atoms with Crippen LogP contribution in [0, 0.1) is 5.92 Å². The number of hydrogen-bond acceptors (Lipinski definition) is 4. The number of rotatable bonds is 7. The molecule has 2 aromatic rings. The fourth-order valence-corrected chi connectivity index (χ4v) is 2.90. The van der Waals surface area contributed by atoms with Gasteiger partial charge in [0.05, 0.1) is 6.61 Å². The summed E-state index contributed by atoms with van der Waals surface area (Å²) in [7, 11) is 1.57. The summed E-state index contributed by atoms with van der Waals surface area (Å²) in [5, 5.41) is 2.73. The van der Waals surface area contributed by atoms with E-state index in [-0.39, 0.29) is 11.8 Å². The molecule has 26 heavy (non-hydrogen) atoms. The van der Waals surface area contributed by atoms with Gasteiger partial charge in [-0.1, -0.05) is 18.2 Å². The number of anilines is 1. The summed E-state index contributed by atoms with van der Waals surface area (Å²) in [5.41, 5.74) is 0.766. The van der Waals surface area contributed by atoms with Crippen LogP contribution in [-0.2, 0) is 14.3 Å². The minimum atomic E-state index is -0.632. The summed E-state index contributed by atoms with van der Waals surface area (Å²) < 4.78 is 10.7. The lowest BCUT2D eigenvalue weighted by Crippen LogP contribution is -2.38. The van der Waals surface area contributed by atoms with Crippen molar-refractivity contribution in [2.75, 3.05) is 31.7 Å². The molecule has 1 saturated heterocycles. The number of hydrogen-bond donors (Lipinski definition) is 1. The summed E-state index contributed by atoms with van der Waals surface area (Å²) in [6.07, 6.45) is 0.514. The summed E-state index contributed by atoms with van der Waals surface area (Å²) >= 11 is 0. The summed E-state index contributed by atoms with van der Waals surface area (Å²) in [4.78, 5) is 26.3. The van der Waals surface area contributed by atoms with Crippen molar-refractivity contribution in [2.24, 2.45) is 5.92 Å². The average molecular weight is 354 g/mol. The van der Waals surface area contributed by atoms with Gasteiger partial charge >= 0.3 is 0 Å². The molecule has 0 aromatic heterocycles. The molecule has 6 nitrogen and oxygen atoms in total. The maximum atomic E-state index is 12.6. The van der Waals surface area contributed by atoms with E-state index in [9.17, 15) is 9.59 Å². The third-order valence-corrected chi connectivity index (χ3v) is 4.25. The molecule has 0 radical (unpaired) electrons. The zero-order chi connectivity index (χ0) is 18.4. The lowest BCUT2D eigenvalue weighted by Gasteiger charge is -2.17. The molecule has 1 aliphatic rings. The van der Waals surface area contributed by atoms with Crippen LogP contribution in [0.25, 0.3) is 0 Å². The maximum Gasteiger partial charge on any atom is 0.239 e. The first-order chi connectivity index (χ1) is 12.7. The Kier molecular flexibility index (Phi) is 5.86. The molecule has 0 unspecified atom stereocenters. The second-order valence-corrected chi connectivity index (χ2v) is 6.02. The molecule has 0 saturated carbocycles. The molecular weight excluding hydrogens is 332 g/mol. The fraction of sp³-hybridized carbons (Fsp3) is 0.300. The molecule has 2 aromatic carbocycles. The number of methoxy groups -OCH3 is 1. The summed E-state index contributed by atoms with van der Waals surface area (Å²) in [6.45, 7) is 1.37. The predicted molar refractivity (Wildman–Crippen MR) is 98.3 cm³/mol. The molecule has 136 valence electrons. The fourth-order valence-electron chi connectivity index (χ4n) is 2.90. The number of carbonyl (C=O) groups is 2. The molecule has 1 atom stereocenters. The van der Waals surface area contributed by atoms with Crippen molar-refractivity contribution < 1.29 is 19.1 Å². The first-order valence-electron chi connectivity index (χ1n) is 8.60. The number of amides is 2. The Morgan fingerprint density at radius 1 is 1.12 bits per heavy atom. The van der Waals surface area contributed by atoms with Crippen LogP contribution in [0.5, 0.6) is 11.5 Å². The zero-order valence-corrected chi connectivity index (χ0v) is 14.7. The number of nitrogens with one attached hydrogen (secondary N) is 1. The van der Waals surface area contributed by atoms with Crippen LogP contribution in [0.2, 0.25) is 0 Å². The molecule has 3 rings (SSSR count).